The molecule has 4 atom stereocenters. The number of nitrogens with two attached hydrogens (primary N) is 2. The first-order valence-corrected chi connectivity index (χ1v) is 24.4. The molecular weight excluding hydrogens is 854 g/mol. The minimum absolute atomic E-state index is 0. The molecule has 0 saturated carbocycles. The highest BCUT2D eigenvalue weighted by Crippen LogP contribution is 2.18. The molecule has 4 N–H and O–H groups in total. The van der Waals surface area contributed by atoms with Gasteiger partial charge in [0.25, 0.3) is 0 Å². The Morgan fingerprint density at radius 2 is 0.877 bits per heavy atom. The molecule has 0 aliphatic carbocycles. The van der Waals surface area contributed by atoms with E-state index in [1.807, 2.05) is 128 Å². The second-order valence-electron chi connectivity index (χ2n) is 18.8. The van der Waals surface area contributed by atoms with E-state index < -0.39 is 0 Å². The van der Waals surface area contributed by atoms with Crippen LogP contribution in [-0.4, -0.2) is 67.4 Å². The van der Waals surface area contributed by atoms with E-state index in [2.05, 4.69) is 57.8 Å². The molecule has 0 bridgehead atoms. The number of nitrogens with zero attached hydrogens (tertiary/aromatic N) is 5. The maximum absolute atomic E-state index is 11.6. The van der Waals surface area contributed by atoms with Crippen molar-refractivity contribution in [3.63, 3.8) is 0 Å². The molecule has 0 saturated heterocycles. The van der Waals surface area contributed by atoms with Gasteiger partial charge in [0.2, 0.25) is 0 Å². The van der Waals surface area contributed by atoms with Crippen molar-refractivity contribution >= 4 is 36.1 Å². The zero-order valence-electron chi connectivity index (χ0n) is 41.6. The molecule has 65 heavy (non-hydrogen) atoms. The van der Waals surface area contributed by atoms with Crippen LogP contribution in [0.15, 0.2) is 90.5 Å². The van der Waals surface area contributed by atoms with E-state index in [0.29, 0.717) is 43.1 Å². The van der Waals surface area contributed by atoms with Gasteiger partial charge in [0.05, 0.1) is 0 Å². The van der Waals surface area contributed by atoms with Crippen LogP contribution in [0.5, 0.6) is 0 Å². The Labute approximate surface area is 403 Å². The molecule has 11 nitrogen and oxygen atoms in total. The molecule has 0 aliphatic heterocycles. The van der Waals surface area contributed by atoms with Crippen LogP contribution in [0.4, 0.5) is 0 Å². The zero-order valence-corrected chi connectivity index (χ0v) is 43.3. The predicted octanol–water partition coefficient (Wildman–Crippen LogP) is 11.3. The number of esters is 2. The molecule has 0 amide bonds. The summed E-state index contributed by atoms with van der Waals surface area (Å²) in [4.78, 5) is 45.6. The van der Waals surface area contributed by atoms with E-state index in [9.17, 15) is 9.59 Å². The van der Waals surface area contributed by atoms with E-state index in [0.717, 1.165) is 86.4 Å². The number of aryl methyl sites for hydroxylation is 4. The van der Waals surface area contributed by atoms with Gasteiger partial charge in [-0.25, -0.2) is 9.97 Å². The molecule has 0 spiro atoms. The van der Waals surface area contributed by atoms with Crippen LogP contribution in [-0.2, 0) is 44.7 Å². The summed E-state index contributed by atoms with van der Waals surface area (Å²) < 4.78 is 10.5. The van der Waals surface area contributed by atoms with Crippen molar-refractivity contribution in [1.29, 1.82) is 0 Å². The highest BCUT2D eigenvalue weighted by molar-refractivity contribution is 7.98. The standard InChI is InChI=1S/C16H21N3S.C16H25NO2.C10H16N2.C10H21NO2.ClH/c1-13(6-8-14-5-3-4-10-17-14)7-9-16-18-11-15(20-2)12-19-16;1-13(8-10-14-7-5-6-12-17-14)9-11-15(18)19-16(2,3)4;1-9(8-11)5-6-10-4-2-3-7-12-10;1-8(7-11)5-6-9(12)13-10(2,3)4;/h3-5,10-13H,6-9H2,1-2H3;5-7,12-13H,8-11H2,1-4H3;2-4,7,9H,5-6,8,11H2,1H3;8H,5-7,11H2,1-4H3;1H. The van der Waals surface area contributed by atoms with Crippen LogP contribution in [0.3, 0.4) is 0 Å². The fourth-order valence-electron chi connectivity index (χ4n) is 5.81. The fourth-order valence-corrected chi connectivity index (χ4v) is 6.13. The Kier molecular flexibility index (Phi) is 33.1. The van der Waals surface area contributed by atoms with Crippen LogP contribution in [0.1, 0.15) is 144 Å². The third-order valence-corrected chi connectivity index (χ3v) is 10.6. The van der Waals surface area contributed by atoms with Crippen LogP contribution < -0.4 is 11.5 Å². The number of hydrogen-bond donors (Lipinski definition) is 2. The molecule has 0 radical (unpaired) electrons. The lowest BCUT2D eigenvalue weighted by Gasteiger charge is -2.20. The number of carbonyl (C=O) groups excluding carboxylic acids is 2. The number of thioether (sulfide) groups is 1. The zero-order chi connectivity index (χ0) is 47.8. The number of rotatable bonds is 21. The van der Waals surface area contributed by atoms with Crippen LogP contribution in [0.2, 0.25) is 0 Å². The topological polar surface area (TPSA) is 169 Å². The lowest BCUT2D eigenvalue weighted by atomic mass is 9.98. The maximum Gasteiger partial charge on any atom is 0.306 e. The molecule has 4 unspecified atom stereocenters. The maximum atomic E-state index is 11.6. The van der Waals surface area contributed by atoms with E-state index >= 15 is 0 Å². The number of halogens is 1. The molecule has 13 heteroatoms. The SMILES string of the molecule is CC(CCC(=O)OC(C)(C)C)CCc1ccccn1.CC(CN)CCC(=O)OC(C)(C)C.CC(CN)CCc1ccccn1.CSc1cnc(CCC(C)CCc2ccccn2)nc1.Cl. The third-order valence-electron chi connectivity index (χ3n) is 9.96. The van der Waals surface area contributed by atoms with Gasteiger partial charge in [-0.05, 0) is 179 Å². The summed E-state index contributed by atoms with van der Waals surface area (Å²) in [5, 5.41) is 0. The summed E-state index contributed by atoms with van der Waals surface area (Å²) in [7, 11) is 0. The Morgan fingerprint density at radius 1 is 0.538 bits per heavy atom. The Morgan fingerprint density at radius 3 is 1.22 bits per heavy atom. The highest BCUT2D eigenvalue weighted by Gasteiger charge is 2.18. The van der Waals surface area contributed by atoms with Gasteiger partial charge in [0.1, 0.15) is 17.0 Å². The van der Waals surface area contributed by atoms with Crippen LogP contribution in [0, 0.1) is 23.7 Å². The van der Waals surface area contributed by atoms with Gasteiger partial charge >= 0.3 is 11.9 Å². The van der Waals surface area contributed by atoms with Crippen molar-refractivity contribution in [3.8, 4) is 0 Å². The average molecular weight is 939 g/mol. The summed E-state index contributed by atoms with van der Waals surface area (Å²) in [6, 6.07) is 18.1. The van der Waals surface area contributed by atoms with Crippen molar-refractivity contribution in [3.05, 3.63) is 108 Å². The Balaban J connectivity index is 0.000000856. The van der Waals surface area contributed by atoms with Gasteiger partial charge in [-0.3, -0.25) is 24.5 Å². The van der Waals surface area contributed by atoms with Crippen molar-refractivity contribution in [2.75, 3.05) is 19.3 Å². The van der Waals surface area contributed by atoms with Gasteiger partial charge < -0.3 is 20.9 Å². The normalized spacial score (nSPS) is 12.8. The monoisotopic (exact) mass is 938 g/mol. The first kappa shape index (κ1) is 61.0. The summed E-state index contributed by atoms with van der Waals surface area (Å²) in [6.07, 6.45) is 22.5. The predicted molar refractivity (Wildman–Crippen MR) is 272 cm³/mol. The van der Waals surface area contributed by atoms with E-state index in [1.54, 1.807) is 11.8 Å². The highest BCUT2D eigenvalue weighted by atomic mass is 35.5. The molecule has 4 aromatic rings. The van der Waals surface area contributed by atoms with Gasteiger partial charge in [0, 0.05) is 72.2 Å². The smallest absolute Gasteiger partial charge is 0.306 e. The van der Waals surface area contributed by atoms with Crippen LogP contribution >= 0.6 is 24.2 Å². The second kappa shape index (κ2) is 35.3. The molecule has 0 aromatic carbocycles. The summed E-state index contributed by atoms with van der Waals surface area (Å²) >= 11 is 1.68. The van der Waals surface area contributed by atoms with Crippen molar-refractivity contribution in [2.45, 2.75) is 162 Å². The van der Waals surface area contributed by atoms with E-state index in [1.165, 1.54) is 12.1 Å². The first-order chi connectivity index (χ1) is 30.3. The molecule has 4 rings (SSSR count). The van der Waals surface area contributed by atoms with Gasteiger partial charge in [0.15, 0.2) is 0 Å². The van der Waals surface area contributed by atoms with Gasteiger partial charge in [-0.15, -0.1) is 24.2 Å². The molecule has 0 aliphatic rings. The second-order valence-corrected chi connectivity index (χ2v) is 19.7. The quantitative estimate of drug-likeness (QED) is 0.0600. The first-order valence-electron chi connectivity index (χ1n) is 23.2. The lowest BCUT2D eigenvalue weighted by Crippen LogP contribution is -2.24. The number of hydrogen-bond acceptors (Lipinski definition) is 12. The molecule has 4 heterocycles. The van der Waals surface area contributed by atoms with Crippen molar-refractivity contribution in [1.82, 2.24) is 24.9 Å². The Hall–Kier alpha value is -3.97. The number of ether oxygens (including phenoxy) is 2. The molecular formula is C52H84ClN7O4S. The largest absolute Gasteiger partial charge is 0.460 e. The number of carbonyl (C=O) groups is 2. The third kappa shape index (κ3) is 35.0. The van der Waals surface area contributed by atoms with Crippen LogP contribution in [0.25, 0.3) is 0 Å². The minimum Gasteiger partial charge on any atom is -0.460 e. The minimum atomic E-state index is -0.381. The van der Waals surface area contributed by atoms with Gasteiger partial charge in [-0.1, -0.05) is 45.9 Å². The fraction of sp³-hybridized carbons (Fsp3) is 0.596. The van der Waals surface area contributed by atoms with E-state index in [4.69, 9.17) is 20.9 Å². The van der Waals surface area contributed by atoms with Crippen molar-refractivity contribution in [2.24, 2.45) is 35.1 Å². The molecule has 0 fully saturated rings. The summed E-state index contributed by atoms with van der Waals surface area (Å²) in [5.74, 6) is 2.90. The number of pyridine rings is 3. The Bertz CT molecular complexity index is 1760. The molecule has 4 aromatic heterocycles. The molecule has 364 valence electrons. The number of aromatic nitrogens is 5. The van der Waals surface area contributed by atoms with Gasteiger partial charge in [-0.2, -0.15) is 0 Å². The lowest BCUT2D eigenvalue weighted by molar-refractivity contribution is -0.156. The average Bonchev–Trinajstić information content (AvgIpc) is 3.28. The van der Waals surface area contributed by atoms with Crippen molar-refractivity contribution < 1.29 is 19.1 Å². The van der Waals surface area contributed by atoms with E-state index in [-0.39, 0.29) is 35.5 Å². The summed E-state index contributed by atoms with van der Waals surface area (Å²) in [6.45, 7) is 21.4. The summed E-state index contributed by atoms with van der Waals surface area (Å²) in [5.41, 5.74) is 13.7.